The number of guanidine groups is 1. The average molecular weight is 2060 g/mol. The number of aliphatic carboxylic acids is 2. The first-order valence-corrected chi connectivity index (χ1v) is 47.3. The summed E-state index contributed by atoms with van der Waals surface area (Å²) in [7, 11) is 0. The molecule has 8 saturated heterocycles. The molecule has 0 aliphatic carbocycles. The summed E-state index contributed by atoms with van der Waals surface area (Å²) in [5.41, 5.74) is 22.5. The van der Waals surface area contributed by atoms with Crippen LogP contribution in [0, 0.1) is 0 Å². The molecular formula is C85H137N21O38. The summed E-state index contributed by atoms with van der Waals surface area (Å²) in [6.45, 7) is 3.30. The monoisotopic (exact) mass is 2060 g/mol. The Morgan fingerprint density at radius 3 is 1.49 bits per heavy atom. The van der Waals surface area contributed by atoms with E-state index in [4.69, 9.17) is 51.4 Å². The molecule has 0 radical (unpaired) electrons. The molecule has 59 nitrogen and oxygen atoms in total. The van der Waals surface area contributed by atoms with Crippen LogP contribution in [-0.4, -0.2) is 476 Å². The van der Waals surface area contributed by atoms with Crippen LogP contribution in [0.15, 0.2) is 4.99 Å². The van der Waals surface area contributed by atoms with Crippen LogP contribution in [-0.2, 0) is 120 Å². The van der Waals surface area contributed by atoms with Gasteiger partial charge in [-0.15, -0.1) is 0 Å². The second-order valence-electron chi connectivity index (χ2n) is 36.8. The smallest absolute Gasteiger partial charge is 0.364 e. The van der Waals surface area contributed by atoms with Crippen molar-refractivity contribution in [1.82, 2.24) is 83.0 Å². The first-order valence-electron chi connectivity index (χ1n) is 47.3. The number of ether oxygens (including phenoxy) is 6. The highest BCUT2D eigenvalue weighted by Crippen LogP contribution is 2.40. The molecule has 0 aromatic heterocycles. The van der Waals surface area contributed by atoms with E-state index in [-0.39, 0.29) is 97.1 Å². The molecule has 144 heavy (non-hydrogen) atoms. The number of hydrogen-bond acceptors (Lipinski definition) is 38. The van der Waals surface area contributed by atoms with E-state index in [1.165, 1.54) is 37.5 Å². The Labute approximate surface area is 824 Å². The average Bonchev–Trinajstić information content (AvgIpc) is 0.930. The molecule has 0 aromatic rings. The maximum Gasteiger partial charge on any atom is 0.364 e. The molecular weight excluding hydrogens is 1920 g/mol. The number of hydrogen-bond donors (Lipinski definition) is 28. The summed E-state index contributed by atoms with van der Waals surface area (Å²) >= 11 is 0. The number of aliphatic hydroxyl groups excluding tert-OH is 11. The SMILES string of the molecule is CC(=O)N[C@H]1[C@@H](O[C@H](C)[C@H](NC(=O)[C@H](CC(=O)O)NC(=O)[C@@H]2CCCN2C(=O)[C@H](C)N)C(=O)N[C@@H](CCCN=C(N)N)C(=O)N2CCC[C@H]2C(=O)N[C@@H](C)C(=O)N2CCC[C@H]2C(=O)NCC(=O)N[C@@H](CO)C(=O)N[C@H](C(=O)N[C@@H](C)C(=O)N2CCC[C@H]2C(=O)N2CCC[C@H]2C(=O)N[C@@H](C)C(N)=O)[C@@H](C)O)O[C@H](CO)[C@H](O)[C@@H]1O[C@@H]1O[C@H](CO)[C@H](O)[C@H](O[C@]2(C(=O)O)C[C@H](O)[C@@H](NC(C)=O)[C@H]([C@H](O)[C@H](O)CO)O2)[C@H]1O. The zero-order valence-electron chi connectivity index (χ0n) is 80.6. The first kappa shape index (κ1) is 118. The fraction of sp³-hybridized carbons (Fsp3) is 0.765. The summed E-state index contributed by atoms with van der Waals surface area (Å²) in [6, 6.07) is -24.9. The predicted molar refractivity (Wildman–Crippen MR) is 483 cm³/mol. The number of carbonyl (C=O) groups is 19. The molecule has 8 heterocycles. The lowest BCUT2D eigenvalue weighted by Crippen LogP contribution is -2.71. The molecule has 0 spiro atoms. The van der Waals surface area contributed by atoms with Gasteiger partial charge in [0.25, 0.3) is 5.79 Å². The van der Waals surface area contributed by atoms with Crippen molar-refractivity contribution in [2.45, 2.75) is 340 Å². The van der Waals surface area contributed by atoms with Gasteiger partial charge >= 0.3 is 11.9 Å². The van der Waals surface area contributed by atoms with Crippen LogP contribution in [0.1, 0.15) is 145 Å². The number of amides is 17. The van der Waals surface area contributed by atoms with Crippen molar-refractivity contribution in [3.8, 4) is 0 Å². The molecule has 8 aliphatic heterocycles. The van der Waals surface area contributed by atoms with Gasteiger partial charge < -0.3 is 201 Å². The zero-order valence-corrected chi connectivity index (χ0v) is 80.6. The first-order chi connectivity index (χ1) is 67.8. The van der Waals surface area contributed by atoms with Crippen LogP contribution in [0.4, 0.5) is 0 Å². The number of likely N-dealkylation sites (tertiary alicyclic amines) is 5. The lowest BCUT2D eigenvalue weighted by atomic mass is 9.88. The Kier molecular flexibility index (Phi) is 43.3. The van der Waals surface area contributed by atoms with Crippen LogP contribution in [0.25, 0.3) is 0 Å². The fourth-order valence-electron chi connectivity index (χ4n) is 18.4. The van der Waals surface area contributed by atoms with Gasteiger partial charge in [0.1, 0.15) is 146 Å². The van der Waals surface area contributed by atoms with E-state index in [1.54, 1.807) is 0 Å². The van der Waals surface area contributed by atoms with E-state index in [9.17, 15) is 148 Å². The van der Waals surface area contributed by atoms with Crippen LogP contribution in [0.2, 0.25) is 0 Å². The largest absolute Gasteiger partial charge is 0.481 e. The highest BCUT2D eigenvalue weighted by Gasteiger charge is 2.62. The predicted octanol–water partition coefficient (Wildman–Crippen LogP) is -16.9. The maximum absolute atomic E-state index is 15.6. The number of aliphatic imine (C=N–C) groups is 1. The number of aliphatic hydroxyl groups is 11. The van der Waals surface area contributed by atoms with Gasteiger partial charge in [0.2, 0.25) is 100 Å². The number of carbonyl (C=O) groups excluding carboxylic acids is 17. The van der Waals surface area contributed by atoms with Crippen molar-refractivity contribution in [2.75, 3.05) is 72.2 Å². The van der Waals surface area contributed by atoms with Crippen LogP contribution < -0.4 is 81.4 Å². The van der Waals surface area contributed by atoms with E-state index in [1.807, 2.05) is 0 Å². The van der Waals surface area contributed by atoms with Crippen LogP contribution >= 0.6 is 0 Å². The molecule has 8 rings (SSSR count). The van der Waals surface area contributed by atoms with Crippen molar-refractivity contribution < 1.29 is 186 Å². The van der Waals surface area contributed by atoms with Crippen molar-refractivity contribution in [2.24, 2.45) is 27.9 Å². The molecule has 0 unspecified atom stereocenters. The van der Waals surface area contributed by atoms with Crippen LogP contribution in [0.5, 0.6) is 0 Å². The third kappa shape index (κ3) is 29.7. The fourth-order valence-corrected chi connectivity index (χ4v) is 18.4. The zero-order chi connectivity index (χ0) is 107. The summed E-state index contributed by atoms with van der Waals surface area (Å²) in [5, 5.41) is 168. The van der Waals surface area contributed by atoms with Crippen LogP contribution in [0.3, 0.4) is 0 Å². The Bertz CT molecular complexity index is 4620. The Morgan fingerprint density at radius 2 is 0.972 bits per heavy atom. The summed E-state index contributed by atoms with van der Waals surface area (Å²) in [4.78, 5) is 271. The third-order valence-corrected chi connectivity index (χ3v) is 25.9. The van der Waals surface area contributed by atoms with E-state index in [2.05, 4.69) is 63.5 Å². The Balaban J connectivity index is 0.982. The third-order valence-electron chi connectivity index (χ3n) is 25.9. The number of carboxylic acid groups (broad SMARTS) is 2. The molecule has 59 heteroatoms. The molecule has 0 aromatic carbocycles. The van der Waals surface area contributed by atoms with Crippen molar-refractivity contribution in [3.63, 3.8) is 0 Å². The minimum absolute atomic E-state index is 0.00464. The number of primary amides is 1. The molecule has 32 N–H and O–H groups in total. The second-order valence-corrected chi connectivity index (χ2v) is 36.8. The summed E-state index contributed by atoms with van der Waals surface area (Å²) in [5.74, 6) is -24.1. The summed E-state index contributed by atoms with van der Waals surface area (Å²) in [6.07, 6.45) is -34.3. The lowest BCUT2D eigenvalue weighted by molar-refractivity contribution is -0.382. The highest BCUT2D eigenvalue weighted by atomic mass is 16.8. The molecule has 810 valence electrons. The van der Waals surface area contributed by atoms with Crippen molar-refractivity contribution in [1.29, 1.82) is 0 Å². The molecule has 0 saturated carbocycles. The molecule has 8 aliphatic rings. The van der Waals surface area contributed by atoms with Gasteiger partial charge in [0, 0.05) is 59.5 Å². The van der Waals surface area contributed by atoms with Gasteiger partial charge in [-0.2, -0.15) is 0 Å². The standard InChI is InChI=1S/C85H137N21O38/c1-34(86)76(132)102-22-11-19-48(102)73(129)99-43(27-55(117)118)68(124)101-57(39(6)139-81-59(96-41(8)113)64(61(120)52(32-109)140-81)142-82-63(122)66(62(121)53(33-110)141-82)144-85(83(137)138)28-50(114)58(95-40(7)112)65(143-85)60(119)51(115)31-108)75(131)98-42(15-9-21-90-84(88)89)79(135)104-24-12-17-46(104)72(128)93-36(3)77(133)103-23-10-16-45(103)70(126)91-29-54(116)97-44(30-107)69(125)100-56(38(5)111)74(130)94-37(4)78(134)106-26-14-20-49(106)80(136)105-25-13-18-47(105)71(127)92-35(2)67(87)123/h34-39,42-53,56-66,81-82,107-111,114-115,119-122H,9-33,86H2,1-8H3,(H2,87,123)(H,91,126)(H,92,127)(H,93,128)(H,94,130)(H,95,112)(H,96,113)(H,97,116)(H,98,131)(H,99,129)(H,100,125)(H,101,124)(H,117,118)(H,137,138)(H4,88,89,90)/t34-,35-,36-,37-,38+,39+,42-,43-,44-,45-,46-,47-,48-,49-,50-,51+,52+,53+,56-,57-,58+,59+,60+,61-,62-,63+,64+,65+,66-,81-,82-,85-/m0/s1. The Morgan fingerprint density at radius 1 is 0.500 bits per heavy atom. The normalized spacial score (nSPS) is 29.0. The lowest BCUT2D eigenvalue weighted by Gasteiger charge is -2.51. The molecule has 17 amide bonds. The van der Waals surface area contributed by atoms with E-state index < -0.39 is 365 Å². The minimum atomic E-state index is -3.33. The number of nitrogens with one attached hydrogen (secondary N) is 11. The molecule has 8 fully saturated rings. The second kappa shape index (κ2) is 53.0. The number of carboxylic acids is 2. The van der Waals surface area contributed by atoms with Crippen molar-refractivity contribution in [3.05, 3.63) is 0 Å². The minimum Gasteiger partial charge on any atom is -0.481 e. The molecule has 32 atom stereocenters. The maximum atomic E-state index is 15.6. The summed E-state index contributed by atoms with van der Waals surface area (Å²) < 4.78 is 35.8. The van der Waals surface area contributed by atoms with E-state index in [0.29, 0.717) is 12.8 Å². The van der Waals surface area contributed by atoms with E-state index >= 15 is 9.59 Å². The number of nitrogens with two attached hydrogens (primary N) is 4. The van der Waals surface area contributed by atoms with Gasteiger partial charge in [-0.05, 0) is 119 Å². The topological polar surface area (TPSA) is 908 Å². The van der Waals surface area contributed by atoms with E-state index in [0.717, 1.165) is 42.4 Å². The number of rotatable bonds is 47. The molecule has 0 bridgehead atoms. The number of nitrogens with zero attached hydrogens (tertiary/aromatic N) is 6. The Hall–Kier alpha value is -11.5. The van der Waals surface area contributed by atoms with Crippen molar-refractivity contribution >= 4 is 118 Å². The van der Waals surface area contributed by atoms with Gasteiger partial charge in [-0.3, -0.25) is 91.3 Å². The quantitative estimate of drug-likeness (QED) is 0.0153. The van der Waals surface area contributed by atoms with Gasteiger partial charge in [-0.25, -0.2) is 4.79 Å². The van der Waals surface area contributed by atoms with Gasteiger partial charge in [0.15, 0.2) is 18.5 Å². The van der Waals surface area contributed by atoms with Gasteiger partial charge in [-0.1, -0.05) is 0 Å². The highest BCUT2D eigenvalue weighted by molar-refractivity contribution is 6.01. The van der Waals surface area contributed by atoms with Gasteiger partial charge in [0.05, 0.1) is 69.8 Å².